The van der Waals surface area contributed by atoms with Crippen molar-refractivity contribution in [2.24, 2.45) is 0 Å². The summed E-state index contributed by atoms with van der Waals surface area (Å²) in [5.74, 6) is -0.410. The summed E-state index contributed by atoms with van der Waals surface area (Å²) in [6.45, 7) is -0.209. The van der Waals surface area contributed by atoms with Gasteiger partial charge in [0.15, 0.2) is 0 Å². The Hall–Kier alpha value is -0.610. The lowest BCUT2D eigenvalue weighted by atomic mass is 10.3. The highest BCUT2D eigenvalue weighted by atomic mass is 16.5. The van der Waals surface area contributed by atoms with Crippen LogP contribution >= 0.6 is 0 Å². The average molecular weight is 147 g/mol. The van der Waals surface area contributed by atoms with E-state index < -0.39 is 12.0 Å². The van der Waals surface area contributed by atoms with Crippen molar-refractivity contribution < 1.29 is 14.6 Å². The quantitative estimate of drug-likeness (QED) is 0.525. The number of rotatable bonds is 3. The Kier molecular flexibility index (Phi) is 3.99. The highest BCUT2D eigenvalue weighted by molar-refractivity contribution is 5.75. The van der Waals surface area contributed by atoms with Crippen molar-refractivity contribution in [3.8, 4) is 0 Å². The number of carbonyl (C=O) groups is 1. The third kappa shape index (κ3) is 2.33. The van der Waals surface area contributed by atoms with Gasteiger partial charge in [0.2, 0.25) is 0 Å². The fourth-order valence-electron chi connectivity index (χ4n) is 0.585. The molecular formula is C6H13NO3. The summed E-state index contributed by atoms with van der Waals surface area (Å²) in [6.07, 6.45) is 0. The van der Waals surface area contributed by atoms with Crippen molar-refractivity contribution in [1.82, 2.24) is 4.90 Å². The molecule has 0 spiro atoms. The van der Waals surface area contributed by atoms with E-state index in [9.17, 15) is 4.79 Å². The molecule has 4 nitrogen and oxygen atoms in total. The molecule has 1 N–H and O–H groups in total. The summed E-state index contributed by atoms with van der Waals surface area (Å²) in [5.41, 5.74) is 0. The normalized spacial score (nSPS) is 13.3. The molecule has 0 fully saturated rings. The first-order chi connectivity index (χ1) is 4.63. The molecule has 1 unspecified atom stereocenters. The molecule has 0 saturated carbocycles. The maximum Gasteiger partial charge on any atom is 0.325 e. The van der Waals surface area contributed by atoms with Gasteiger partial charge < -0.3 is 9.84 Å². The molecule has 0 amide bonds. The monoisotopic (exact) mass is 147 g/mol. The molecule has 0 radical (unpaired) electrons. The van der Waals surface area contributed by atoms with Crippen molar-refractivity contribution in [2.45, 2.75) is 6.04 Å². The molecule has 0 bridgehead atoms. The van der Waals surface area contributed by atoms with E-state index in [0.29, 0.717) is 0 Å². The van der Waals surface area contributed by atoms with Crippen molar-refractivity contribution >= 4 is 5.97 Å². The van der Waals surface area contributed by atoms with Crippen molar-refractivity contribution in [1.29, 1.82) is 0 Å². The first-order valence-electron chi connectivity index (χ1n) is 2.98. The number of hydrogen-bond donors (Lipinski definition) is 1. The van der Waals surface area contributed by atoms with E-state index in [1.807, 2.05) is 0 Å². The SMILES string of the molecule is COC(=O)C(CO)N(C)C. The minimum Gasteiger partial charge on any atom is -0.468 e. The van der Waals surface area contributed by atoms with E-state index in [1.165, 1.54) is 7.11 Å². The number of methoxy groups -OCH3 is 1. The molecular weight excluding hydrogens is 134 g/mol. The molecule has 0 rings (SSSR count). The third-order valence-corrected chi connectivity index (χ3v) is 1.27. The lowest BCUT2D eigenvalue weighted by Gasteiger charge is -2.18. The zero-order valence-electron chi connectivity index (χ0n) is 6.50. The van der Waals surface area contributed by atoms with Crippen molar-refractivity contribution in [2.75, 3.05) is 27.8 Å². The smallest absolute Gasteiger partial charge is 0.325 e. The Labute approximate surface area is 60.4 Å². The van der Waals surface area contributed by atoms with Crippen LogP contribution in [0.3, 0.4) is 0 Å². The molecule has 0 aliphatic rings. The number of esters is 1. The van der Waals surface area contributed by atoms with Crippen LogP contribution in [-0.2, 0) is 9.53 Å². The molecule has 0 heterocycles. The number of ether oxygens (including phenoxy) is 1. The van der Waals surface area contributed by atoms with Gasteiger partial charge in [-0.25, -0.2) is 0 Å². The zero-order chi connectivity index (χ0) is 8.15. The predicted molar refractivity (Wildman–Crippen MR) is 36.6 cm³/mol. The lowest BCUT2D eigenvalue weighted by Crippen LogP contribution is -2.39. The minimum absolute atomic E-state index is 0.209. The second-order valence-electron chi connectivity index (χ2n) is 2.19. The molecule has 10 heavy (non-hydrogen) atoms. The van der Waals surface area contributed by atoms with Gasteiger partial charge in [-0.05, 0) is 14.1 Å². The molecule has 0 aromatic rings. The lowest BCUT2D eigenvalue weighted by molar-refractivity contribution is -0.147. The van der Waals surface area contributed by atoms with Crippen LogP contribution in [0.25, 0.3) is 0 Å². The highest BCUT2D eigenvalue weighted by Gasteiger charge is 2.19. The van der Waals surface area contributed by atoms with Crippen LogP contribution in [0.1, 0.15) is 0 Å². The van der Waals surface area contributed by atoms with Gasteiger partial charge in [-0.3, -0.25) is 9.69 Å². The van der Waals surface area contributed by atoms with E-state index >= 15 is 0 Å². The number of hydrogen-bond acceptors (Lipinski definition) is 4. The van der Waals surface area contributed by atoms with Crippen LogP contribution in [0.2, 0.25) is 0 Å². The average Bonchev–Trinajstić information content (AvgIpc) is 1.88. The van der Waals surface area contributed by atoms with E-state index in [2.05, 4.69) is 4.74 Å². The van der Waals surface area contributed by atoms with Gasteiger partial charge in [-0.1, -0.05) is 0 Å². The van der Waals surface area contributed by atoms with Crippen molar-refractivity contribution in [3.05, 3.63) is 0 Å². The summed E-state index contributed by atoms with van der Waals surface area (Å²) < 4.78 is 4.42. The first kappa shape index (κ1) is 9.39. The maximum absolute atomic E-state index is 10.8. The fraction of sp³-hybridized carbons (Fsp3) is 0.833. The summed E-state index contributed by atoms with van der Waals surface area (Å²) in [7, 11) is 4.71. The van der Waals surface area contributed by atoms with E-state index in [1.54, 1.807) is 19.0 Å². The van der Waals surface area contributed by atoms with Gasteiger partial charge in [0.1, 0.15) is 6.04 Å². The largest absolute Gasteiger partial charge is 0.468 e. The molecule has 0 saturated heterocycles. The third-order valence-electron chi connectivity index (χ3n) is 1.27. The first-order valence-corrected chi connectivity index (χ1v) is 2.98. The molecule has 1 atom stereocenters. The number of likely N-dealkylation sites (N-methyl/N-ethyl adjacent to an activating group) is 1. The molecule has 0 aromatic carbocycles. The summed E-state index contributed by atoms with van der Waals surface area (Å²) >= 11 is 0. The molecule has 60 valence electrons. The second kappa shape index (κ2) is 4.24. The van der Waals surface area contributed by atoms with Gasteiger partial charge in [-0.2, -0.15) is 0 Å². The Morgan fingerprint density at radius 3 is 2.30 bits per heavy atom. The van der Waals surface area contributed by atoms with Crippen LogP contribution < -0.4 is 0 Å². The minimum atomic E-state index is -0.537. The van der Waals surface area contributed by atoms with E-state index in [4.69, 9.17) is 5.11 Å². The van der Waals surface area contributed by atoms with Crippen LogP contribution in [0, 0.1) is 0 Å². The van der Waals surface area contributed by atoms with Crippen LogP contribution in [-0.4, -0.2) is 49.8 Å². The summed E-state index contributed by atoms with van der Waals surface area (Å²) in [4.78, 5) is 12.4. The van der Waals surface area contributed by atoms with Crippen LogP contribution in [0.4, 0.5) is 0 Å². The summed E-state index contributed by atoms with van der Waals surface area (Å²) in [6, 6.07) is -0.537. The highest BCUT2D eigenvalue weighted by Crippen LogP contribution is 1.93. The topological polar surface area (TPSA) is 49.8 Å². The Morgan fingerprint density at radius 1 is 1.70 bits per heavy atom. The molecule has 4 heteroatoms. The number of aliphatic hydroxyl groups is 1. The number of carbonyl (C=O) groups excluding carboxylic acids is 1. The maximum atomic E-state index is 10.8. The summed E-state index contributed by atoms with van der Waals surface area (Å²) in [5, 5.41) is 8.66. The molecule has 0 aromatic heterocycles. The predicted octanol–water partition coefficient (Wildman–Crippen LogP) is -0.918. The standard InChI is InChI=1S/C6H13NO3/c1-7(2)5(4-8)6(9)10-3/h5,8H,4H2,1-3H3. The van der Waals surface area contributed by atoms with Gasteiger partial charge >= 0.3 is 5.97 Å². The number of nitrogens with zero attached hydrogens (tertiary/aromatic N) is 1. The van der Waals surface area contributed by atoms with Crippen molar-refractivity contribution in [3.63, 3.8) is 0 Å². The zero-order valence-corrected chi connectivity index (χ0v) is 6.50. The van der Waals surface area contributed by atoms with E-state index in [0.717, 1.165) is 0 Å². The van der Waals surface area contributed by atoms with E-state index in [-0.39, 0.29) is 6.61 Å². The Morgan fingerprint density at radius 2 is 2.20 bits per heavy atom. The molecule has 0 aliphatic carbocycles. The fourth-order valence-corrected chi connectivity index (χ4v) is 0.585. The van der Waals surface area contributed by atoms with Gasteiger partial charge in [0.25, 0.3) is 0 Å². The second-order valence-corrected chi connectivity index (χ2v) is 2.19. The number of aliphatic hydroxyl groups excluding tert-OH is 1. The van der Waals surface area contributed by atoms with Gasteiger partial charge in [-0.15, -0.1) is 0 Å². The Balaban J connectivity index is 3.93. The molecule has 0 aliphatic heterocycles. The van der Waals surface area contributed by atoms with Crippen LogP contribution in [0.15, 0.2) is 0 Å². The Bertz CT molecular complexity index is 114. The van der Waals surface area contributed by atoms with Gasteiger partial charge in [0, 0.05) is 0 Å². The van der Waals surface area contributed by atoms with Gasteiger partial charge in [0.05, 0.1) is 13.7 Å². The van der Waals surface area contributed by atoms with Crippen LogP contribution in [0.5, 0.6) is 0 Å².